The lowest BCUT2D eigenvalue weighted by Crippen LogP contribution is -2.49. The average molecular weight is 502 g/mol. The molecule has 1 aliphatic carbocycles. The SMILES string of the molecule is CC(C)N1CCN(c2ccc(NS(=O)(=O)c3ccccc3)c(C3CCCC3)n2)CC1.Cl.Cl. The number of nitrogens with zero attached hydrogens (tertiary/aromatic N) is 3. The van der Waals surface area contributed by atoms with Crippen molar-refractivity contribution in [3.8, 4) is 0 Å². The fourth-order valence-corrected chi connectivity index (χ4v) is 5.60. The number of aromatic nitrogens is 1. The Morgan fingerprint density at radius 1 is 0.938 bits per heavy atom. The number of piperazine rings is 1. The van der Waals surface area contributed by atoms with Crippen molar-refractivity contribution in [1.82, 2.24) is 9.88 Å². The van der Waals surface area contributed by atoms with Crippen molar-refractivity contribution < 1.29 is 8.42 Å². The number of hydrogen-bond acceptors (Lipinski definition) is 5. The van der Waals surface area contributed by atoms with Gasteiger partial charge in [0.15, 0.2) is 0 Å². The largest absolute Gasteiger partial charge is 0.354 e. The van der Waals surface area contributed by atoms with E-state index in [2.05, 4.69) is 28.4 Å². The van der Waals surface area contributed by atoms with E-state index in [1.54, 1.807) is 24.3 Å². The van der Waals surface area contributed by atoms with Gasteiger partial charge in [0.05, 0.1) is 16.3 Å². The molecule has 1 aliphatic heterocycles. The zero-order valence-electron chi connectivity index (χ0n) is 18.7. The van der Waals surface area contributed by atoms with Crippen molar-refractivity contribution in [1.29, 1.82) is 0 Å². The lowest BCUT2D eigenvalue weighted by atomic mass is 10.0. The van der Waals surface area contributed by atoms with E-state index in [-0.39, 0.29) is 29.7 Å². The van der Waals surface area contributed by atoms with Crippen LogP contribution in [0.15, 0.2) is 47.4 Å². The average Bonchev–Trinajstić information content (AvgIpc) is 3.29. The Labute approximate surface area is 204 Å². The second-order valence-electron chi connectivity index (χ2n) is 8.62. The van der Waals surface area contributed by atoms with Crippen molar-refractivity contribution in [3.63, 3.8) is 0 Å². The molecule has 0 radical (unpaired) electrons. The summed E-state index contributed by atoms with van der Waals surface area (Å²) in [5.74, 6) is 1.28. The zero-order chi connectivity index (χ0) is 21.1. The number of benzene rings is 1. The Morgan fingerprint density at radius 3 is 2.16 bits per heavy atom. The predicted octanol–water partition coefficient (Wildman–Crippen LogP) is 4.91. The Morgan fingerprint density at radius 2 is 1.56 bits per heavy atom. The van der Waals surface area contributed by atoms with Gasteiger partial charge in [0.2, 0.25) is 0 Å². The van der Waals surface area contributed by atoms with Gasteiger partial charge in [0.1, 0.15) is 5.82 Å². The first-order valence-corrected chi connectivity index (χ1v) is 12.5. The highest BCUT2D eigenvalue weighted by molar-refractivity contribution is 7.92. The number of rotatable bonds is 6. The van der Waals surface area contributed by atoms with Crippen molar-refractivity contribution in [2.24, 2.45) is 0 Å². The second-order valence-corrected chi connectivity index (χ2v) is 10.3. The van der Waals surface area contributed by atoms with Crippen LogP contribution in [0.3, 0.4) is 0 Å². The summed E-state index contributed by atoms with van der Waals surface area (Å²) in [5, 5.41) is 0. The van der Waals surface area contributed by atoms with Gasteiger partial charge in [-0.25, -0.2) is 13.4 Å². The van der Waals surface area contributed by atoms with E-state index in [0.29, 0.717) is 17.6 Å². The van der Waals surface area contributed by atoms with E-state index in [0.717, 1.165) is 50.5 Å². The molecule has 9 heteroatoms. The smallest absolute Gasteiger partial charge is 0.261 e. The Kier molecular flexibility index (Phi) is 9.64. The lowest BCUT2D eigenvalue weighted by molar-refractivity contribution is 0.209. The van der Waals surface area contributed by atoms with E-state index in [4.69, 9.17) is 4.98 Å². The maximum atomic E-state index is 12.9. The molecule has 0 unspecified atom stereocenters. The first kappa shape index (κ1) is 26.7. The van der Waals surface area contributed by atoms with Crippen LogP contribution in [0.2, 0.25) is 0 Å². The van der Waals surface area contributed by atoms with Crippen LogP contribution in [-0.2, 0) is 10.0 Å². The minimum absolute atomic E-state index is 0. The Hall–Kier alpha value is -1.54. The monoisotopic (exact) mass is 500 g/mol. The summed E-state index contributed by atoms with van der Waals surface area (Å²) in [5.41, 5.74) is 1.52. The van der Waals surface area contributed by atoms with Crippen LogP contribution in [0.4, 0.5) is 11.5 Å². The molecule has 2 fully saturated rings. The molecule has 178 valence electrons. The van der Waals surface area contributed by atoms with E-state index < -0.39 is 10.0 Å². The van der Waals surface area contributed by atoms with Crippen LogP contribution >= 0.6 is 24.8 Å². The third-order valence-electron chi connectivity index (χ3n) is 6.32. The lowest BCUT2D eigenvalue weighted by Gasteiger charge is -2.37. The van der Waals surface area contributed by atoms with E-state index in [1.807, 2.05) is 18.2 Å². The molecule has 2 heterocycles. The number of nitrogens with one attached hydrogen (secondary N) is 1. The molecular weight excluding hydrogens is 467 g/mol. The Balaban J connectivity index is 0.00000181. The summed E-state index contributed by atoms with van der Waals surface area (Å²) >= 11 is 0. The van der Waals surface area contributed by atoms with Crippen LogP contribution in [0.25, 0.3) is 0 Å². The molecular formula is C23H34Cl2N4O2S. The highest BCUT2D eigenvalue weighted by atomic mass is 35.5. The summed E-state index contributed by atoms with van der Waals surface area (Å²) in [6.07, 6.45) is 4.48. The molecule has 2 aliphatic rings. The molecule has 6 nitrogen and oxygen atoms in total. The van der Waals surface area contributed by atoms with Crippen molar-refractivity contribution >= 4 is 46.3 Å². The predicted molar refractivity (Wildman–Crippen MR) is 136 cm³/mol. The summed E-state index contributed by atoms with van der Waals surface area (Å²) in [7, 11) is -3.63. The summed E-state index contributed by atoms with van der Waals surface area (Å²) in [6, 6.07) is 13.0. The van der Waals surface area contributed by atoms with Gasteiger partial charge in [-0.15, -0.1) is 24.8 Å². The molecule has 0 spiro atoms. The molecule has 2 aromatic rings. The highest BCUT2D eigenvalue weighted by Gasteiger charge is 2.26. The number of sulfonamides is 1. The van der Waals surface area contributed by atoms with Crippen LogP contribution in [-0.4, -0.2) is 50.5 Å². The minimum atomic E-state index is -3.63. The molecule has 32 heavy (non-hydrogen) atoms. The molecule has 0 atom stereocenters. The normalized spacial score (nSPS) is 17.7. The first-order chi connectivity index (χ1) is 14.4. The third kappa shape index (κ3) is 6.07. The van der Waals surface area contributed by atoms with E-state index >= 15 is 0 Å². The third-order valence-corrected chi connectivity index (χ3v) is 7.70. The van der Waals surface area contributed by atoms with Gasteiger partial charge in [0.25, 0.3) is 10.0 Å². The highest BCUT2D eigenvalue weighted by Crippen LogP contribution is 2.38. The fraction of sp³-hybridized carbons (Fsp3) is 0.522. The molecule has 0 bridgehead atoms. The van der Waals surface area contributed by atoms with Crippen molar-refractivity contribution in [2.75, 3.05) is 35.8 Å². The molecule has 1 aromatic carbocycles. The molecule has 0 amide bonds. The number of halogens is 2. The van der Waals surface area contributed by atoms with Crippen LogP contribution < -0.4 is 9.62 Å². The van der Waals surface area contributed by atoms with Gasteiger partial charge in [-0.05, 0) is 51.0 Å². The Bertz CT molecular complexity index is 959. The van der Waals surface area contributed by atoms with Gasteiger partial charge in [-0.2, -0.15) is 0 Å². The number of anilines is 2. The van der Waals surface area contributed by atoms with Gasteiger partial charge >= 0.3 is 0 Å². The molecule has 1 aromatic heterocycles. The molecule has 1 N–H and O–H groups in total. The zero-order valence-corrected chi connectivity index (χ0v) is 21.2. The first-order valence-electron chi connectivity index (χ1n) is 11.0. The van der Waals surface area contributed by atoms with Crippen LogP contribution in [0, 0.1) is 0 Å². The maximum absolute atomic E-state index is 12.9. The quantitative estimate of drug-likeness (QED) is 0.609. The summed E-state index contributed by atoms with van der Waals surface area (Å²) < 4.78 is 28.6. The van der Waals surface area contributed by atoms with Crippen LogP contribution in [0.5, 0.6) is 0 Å². The molecule has 1 saturated carbocycles. The molecule has 4 rings (SSSR count). The van der Waals surface area contributed by atoms with Gasteiger partial charge < -0.3 is 4.90 Å². The van der Waals surface area contributed by atoms with Gasteiger partial charge in [-0.3, -0.25) is 9.62 Å². The number of pyridine rings is 1. The summed E-state index contributed by atoms with van der Waals surface area (Å²) in [6.45, 7) is 8.43. The fourth-order valence-electron chi connectivity index (χ4n) is 4.51. The molecule has 1 saturated heterocycles. The topological polar surface area (TPSA) is 65.5 Å². The van der Waals surface area contributed by atoms with Crippen molar-refractivity contribution in [2.45, 2.75) is 56.4 Å². The maximum Gasteiger partial charge on any atom is 0.261 e. The minimum Gasteiger partial charge on any atom is -0.354 e. The van der Waals surface area contributed by atoms with Crippen LogP contribution in [0.1, 0.15) is 51.1 Å². The van der Waals surface area contributed by atoms with Crippen molar-refractivity contribution in [3.05, 3.63) is 48.2 Å². The second kappa shape index (κ2) is 11.5. The van der Waals surface area contributed by atoms with Gasteiger partial charge in [0, 0.05) is 38.1 Å². The van der Waals surface area contributed by atoms with E-state index in [9.17, 15) is 8.42 Å². The summed E-state index contributed by atoms with van der Waals surface area (Å²) in [4.78, 5) is 10.1. The number of hydrogen-bond donors (Lipinski definition) is 1. The van der Waals surface area contributed by atoms with Gasteiger partial charge in [-0.1, -0.05) is 31.0 Å². The van der Waals surface area contributed by atoms with E-state index in [1.165, 1.54) is 12.8 Å². The standard InChI is InChI=1S/C23H32N4O2S.2ClH/c1-18(2)26-14-16-27(17-15-26)22-13-12-21(23(24-22)19-8-6-7-9-19)25-30(28,29)20-10-4-3-5-11-20;;/h3-5,10-13,18-19,25H,6-9,14-17H2,1-2H3;2*1H.